The Labute approximate surface area is 136 Å². The Kier molecular flexibility index (Phi) is 4.28. The van der Waals surface area contributed by atoms with Crippen LogP contribution in [0.15, 0.2) is 18.2 Å². The molecule has 0 aliphatic carbocycles. The number of aliphatic hydroxyl groups is 1. The van der Waals surface area contributed by atoms with Crippen molar-refractivity contribution in [1.29, 1.82) is 0 Å². The highest BCUT2D eigenvalue weighted by Gasteiger charge is 2.12. The van der Waals surface area contributed by atoms with E-state index in [4.69, 9.17) is 11.6 Å². The summed E-state index contributed by atoms with van der Waals surface area (Å²) in [5.74, 6) is 0.981. The van der Waals surface area contributed by atoms with E-state index in [-0.39, 0.29) is 5.88 Å². The number of hydrogen-bond acceptors (Lipinski definition) is 6. The van der Waals surface area contributed by atoms with Gasteiger partial charge in [-0.15, -0.1) is 21.8 Å². The van der Waals surface area contributed by atoms with Crippen molar-refractivity contribution >= 4 is 33.6 Å². The first-order chi connectivity index (χ1) is 10.6. The zero-order valence-corrected chi connectivity index (χ0v) is 13.8. The van der Waals surface area contributed by atoms with Gasteiger partial charge in [-0.25, -0.2) is 0 Å². The monoisotopic (exact) mass is 337 g/mol. The Morgan fingerprint density at radius 3 is 2.91 bits per heavy atom. The first-order valence-corrected chi connectivity index (χ1v) is 8.21. The van der Waals surface area contributed by atoms with E-state index in [9.17, 15) is 5.11 Å². The fourth-order valence-corrected chi connectivity index (χ4v) is 3.05. The molecule has 2 aromatic heterocycles. The standard InChI is InChI=1S/C14H16ClN5OS/c1-8-3-4-10(5-12(8)16-7-11(21)6-15)13-19-20-9(2)17-18-14(20)22-13/h3-5,11,16,21H,6-7H2,1-2H3. The van der Waals surface area contributed by atoms with Gasteiger partial charge in [0.25, 0.3) is 0 Å². The number of aryl methyl sites for hydroxylation is 2. The fourth-order valence-electron chi connectivity index (χ4n) is 2.06. The SMILES string of the molecule is Cc1ccc(-c2nn3c(C)nnc3s2)cc1NCC(O)CCl. The summed E-state index contributed by atoms with van der Waals surface area (Å²) in [5.41, 5.74) is 3.07. The van der Waals surface area contributed by atoms with Crippen LogP contribution in [-0.4, -0.2) is 43.4 Å². The quantitative estimate of drug-likeness (QED) is 0.700. The Morgan fingerprint density at radius 1 is 1.36 bits per heavy atom. The van der Waals surface area contributed by atoms with Gasteiger partial charge in [-0.1, -0.05) is 23.5 Å². The van der Waals surface area contributed by atoms with Crippen molar-refractivity contribution in [2.45, 2.75) is 20.0 Å². The molecular weight excluding hydrogens is 322 g/mol. The van der Waals surface area contributed by atoms with Crippen LogP contribution in [0, 0.1) is 13.8 Å². The van der Waals surface area contributed by atoms with E-state index in [2.05, 4.69) is 20.6 Å². The molecule has 1 atom stereocenters. The Hall–Kier alpha value is -1.70. The topological polar surface area (TPSA) is 75.3 Å². The number of nitrogens with one attached hydrogen (secondary N) is 1. The molecule has 0 saturated heterocycles. The van der Waals surface area contributed by atoms with Gasteiger partial charge in [0.2, 0.25) is 4.96 Å². The lowest BCUT2D eigenvalue weighted by molar-refractivity contribution is 0.211. The number of rotatable bonds is 5. The van der Waals surface area contributed by atoms with Crippen LogP contribution in [0.3, 0.4) is 0 Å². The van der Waals surface area contributed by atoms with Crippen molar-refractivity contribution in [2.75, 3.05) is 17.7 Å². The van der Waals surface area contributed by atoms with Gasteiger partial charge in [0, 0.05) is 17.8 Å². The van der Waals surface area contributed by atoms with Crippen molar-refractivity contribution in [2.24, 2.45) is 0 Å². The van der Waals surface area contributed by atoms with Crippen LogP contribution in [-0.2, 0) is 0 Å². The summed E-state index contributed by atoms with van der Waals surface area (Å²) < 4.78 is 1.74. The molecule has 22 heavy (non-hydrogen) atoms. The predicted molar refractivity (Wildman–Crippen MR) is 88.8 cm³/mol. The van der Waals surface area contributed by atoms with E-state index in [1.54, 1.807) is 4.52 Å². The number of benzene rings is 1. The maximum atomic E-state index is 9.57. The molecule has 8 heteroatoms. The van der Waals surface area contributed by atoms with Crippen LogP contribution in [0.4, 0.5) is 5.69 Å². The molecule has 0 spiro atoms. The molecule has 0 fully saturated rings. The van der Waals surface area contributed by atoms with Crippen molar-refractivity contribution in [3.05, 3.63) is 29.6 Å². The largest absolute Gasteiger partial charge is 0.390 e. The summed E-state index contributed by atoms with van der Waals surface area (Å²) in [7, 11) is 0. The average molecular weight is 338 g/mol. The summed E-state index contributed by atoms with van der Waals surface area (Å²) in [6.45, 7) is 4.30. The third-order valence-electron chi connectivity index (χ3n) is 3.34. The van der Waals surface area contributed by atoms with Crippen LogP contribution in [0.25, 0.3) is 15.5 Å². The molecule has 116 valence electrons. The number of nitrogens with zero attached hydrogens (tertiary/aromatic N) is 4. The minimum atomic E-state index is -0.568. The predicted octanol–water partition coefficient (Wildman–Crippen LogP) is 2.48. The second-order valence-electron chi connectivity index (χ2n) is 5.07. The molecule has 2 heterocycles. The Balaban J connectivity index is 1.90. The van der Waals surface area contributed by atoms with Crippen LogP contribution in [0.2, 0.25) is 0 Å². The van der Waals surface area contributed by atoms with E-state index in [1.807, 2.05) is 32.0 Å². The van der Waals surface area contributed by atoms with E-state index in [0.29, 0.717) is 6.54 Å². The molecule has 3 rings (SSSR count). The highest BCUT2D eigenvalue weighted by Crippen LogP contribution is 2.29. The van der Waals surface area contributed by atoms with Crippen molar-refractivity contribution in [3.8, 4) is 10.6 Å². The number of alkyl halides is 1. The second kappa shape index (κ2) is 6.20. The van der Waals surface area contributed by atoms with Crippen molar-refractivity contribution < 1.29 is 5.11 Å². The number of fused-ring (bicyclic) bond motifs is 1. The van der Waals surface area contributed by atoms with E-state index >= 15 is 0 Å². The maximum Gasteiger partial charge on any atom is 0.234 e. The number of anilines is 1. The zero-order valence-electron chi connectivity index (χ0n) is 12.2. The Morgan fingerprint density at radius 2 is 2.18 bits per heavy atom. The number of halogens is 1. The van der Waals surface area contributed by atoms with E-state index < -0.39 is 6.10 Å². The molecule has 0 bridgehead atoms. The smallest absolute Gasteiger partial charge is 0.234 e. The van der Waals surface area contributed by atoms with Crippen LogP contribution in [0.5, 0.6) is 0 Å². The number of aliphatic hydroxyl groups excluding tert-OH is 1. The summed E-state index contributed by atoms with van der Waals surface area (Å²) in [6.07, 6.45) is -0.568. The summed E-state index contributed by atoms with van der Waals surface area (Å²) in [4.78, 5) is 0.778. The molecule has 0 radical (unpaired) electrons. The Bertz CT molecular complexity index is 800. The van der Waals surface area contributed by atoms with Gasteiger partial charge in [-0.2, -0.15) is 9.61 Å². The van der Waals surface area contributed by atoms with Crippen LogP contribution in [0.1, 0.15) is 11.4 Å². The maximum absolute atomic E-state index is 9.57. The van der Waals surface area contributed by atoms with Gasteiger partial charge in [0.15, 0.2) is 5.82 Å². The summed E-state index contributed by atoms with van der Waals surface area (Å²) in [6, 6.07) is 6.08. The lowest BCUT2D eigenvalue weighted by Gasteiger charge is -2.13. The van der Waals surface area contributed by atoms with Gasteiger partial charge in [-0.3, -0.25) is 0 Å². The van der Waals surface area contributed by atoms with Gasteiger partial charge >= 0.3 is 0 Å². The van der Waals surface area contributed by atoms with Crippen LogP contribution >= 0.6 is 22.9 Å². The molecule has 0 aliphatic heterocycles. The van der Waals surface area contributed by atoms with Crippen molar-refractivity contribution in [3.63, 3.8) is 0 Å². The third kappa shape index (κ3) is 2.92. The molecule has 0 amide bonds. The van der Waals surface area contributed by atoms with Crippen molar-refractivity contribution in [1.82, 2.24) is 19.8 Å². The number of aromatic nitrogens is 4. The minimum absolute atomic E-state index is 0.210. The summed E-state index contributed by atoms with van der Waals surface area (Å²) >= 11 is 7.11. The molecule has 6 nitrogen and oxygen atoms in total. The van der Waals surface area contributed by atoms with Gasteiger partial charge in [-0.05, 0) is 25.5 Å². The molecule has 1 aromatic carbocycles. The normalized spacial score (nSPS) is 12.7. The molecule has 0 saturated carbocycles. The molecular formula is C14H16ClN5OS. The second-order valence-corrected chi connectivity index (χ2v) is 6.33. The van der Waals surface area contributed by atoms with Gasteiger partial charge in [0.1, 0.15) is 5.01 Å². The minimum Gasteiger partial charge on any atom is -0.390 e. The molecule has 1 unspecified atom stereocenters. The zero-order chi connectivity index (χ0) is 15.7. The molecule has 3 aromatic rings. The lowest BCUT2D eigenvalue weighted by Crippen LogP contribution is -2.21. The number of hydrogen-bond donors (Lipinski definition) is 2. The van der Waals surface area contributed by atoms with Gasteiger partial charge in [0.05, 0.1) is 12.0 Å². The van der Waals surface area contributed by atoms with E-state index in [0.717, 1.165) is 32.6 Å². The highest BCUT2D eigenvalue weighted by molar-refractivity contribution is 7.19. The highest BCUT2D eigenvalue weighted by atomic mass is 35.5. The average Bonchev–Trinajstić information content (AvgIpc) is 3.08. The van der Waals surface area contributed by atoms with E-state index in [1.165, 1.54) is 11.3 Å². The van der Waals surface area contributed by atoms with Gasteiger partial charge < -0.3 is 10.4 Å². The lowest BCUT2D eigenvalue weighted by atomic mass is 10.1. The molecule has 2 N–H and O–H groups in total. The first-order valence-electron chi connectivity index (χ1n) is 6.86. The third-order valence-corrected chi connectivity index (χ3v) is 4.64. The fraction of sp³-hybridized carbons (Fsp3) is 0.357. The van der Waals surface area contributed by atoms with Crippen LogP contribution < -0.4 is 5.32 Å². The molecule has 0 aliphatic rings. The first kappa shape index (κ1) is 15.2. The summed E-state index contributed by atoms with van der Waals surface area (Å²) in [5, 5.41) is 26.3.